The number of fused-ring (bicyclic) bond motifs is 2. The van der Waals surface area contributed by atoms with Gasteiger partial charge in [-0.15, -0.1) is 0 Å². The Hall–Kier alpha value is -2.30. The molecule has 0 saturated heterocycles. The lowest BCUT2D eigenvalue weighted by Gasteiger charge is -2.32. The van der Waals surface area contributed by atoms with Crippen LogP contribution in [0.5, 0.6) is 0 Å². The molecule has 0 fully saturated rings. The van der Waals surface area contributed by atoms with Crippen LogP contribution < -0.4 is 0 Å². The van der Waals surface area contributed by atoms with E-state index >= 15 is 0 Å². The lowest BCUT2D eigenvalue weighted by atomic mass is 10.2. The molecule has 1 aliphatic rings. The minimum absolute atomic E-state index is 0.0543. The largest absolute Gasteiger partial charge is 0.417 e. The molecule has 0 radical (unpaired) electrons. The van der Waals surface area contributed by atoms with Crippen LogP contribution in [0.3, 0.4) is 0 Å². The molecule has 0 aliphatic carbocycles. The number of sulfone groups is 2. The normalized spacial score (nSPS) is 16.5. The molecule has 3 aromatic carbocycles. The zero-order valence-electron chi connectivity index (χ0n) is 16.1. The molecule has 0 amide bonds. The third kappa shape index (κ3) is 3.56. The molecule has 164 valence electrons. The van der Waals surface area contributed by atoms with E-state index < -0.39 is 53.0 Å². The van der Waals surface area contributed by atoms with Gasteiger partial charge in [-0.25, -0.2) is 16.8 Å². The van der Waals surface area contributed by atoms with Crippen LogP contribution in [0.1, 0.15) is 12.5 Å². The van der Waals surface area contributed by atoms with E-state index in [1.807, 2.05) is 0 Å². The molecule has 31 heavy (non-hydrogen) atoms. The van der Waals surface area contributed by atoms with Crippen LogP contribution in [0.2, 0.25) is 0 Å². The molecule has 1 heterocycles. The summed E-state index contributed by atoms with van der Waals surface area (Å²) in [6, 6.07) is 15.7. The molecule has 0 N–H and O–H groups in total. The van der Waals surface area contributed by atoms with E-state index in [2.05, 4.69) is 0 Å². The van der Waals surface area contributed by atoms with Crippen LogP contribution in [-0.4, -0.2) is 22.6 Å². The second kappa shape index (κ2) is 7.39. The molecule has 3 aromatic rings. The zero-order valence-corrected chi connectivity index (χ0v) is 18.6. The maximum absolute atomic E-state index is 13.8. The first-order valence-electron chi connectivity index (χ1n) is 9.16. The Kier molecular flexibility index (Phi) is 5.22. The highest BCUT2D eigenvalue weighted by molar-refractivity contribution is 8.18. The maximum Gasteiger partial charge on any atom is 0.417 e. The van der Waals surface area contributed by atoms with Gasteiger partial charge in [0.15, 0.2) is 9.84 Å². The van der Waals surface area contributed by atoms with Crippen molar-refractivity contribution in [1.29, 1.82) is 0 Å². The molecule has 10 heteroatoms. The third-order valence-corrected chi connectivity index (χ3v) is 11.5. The van der Waals surface area contributed by atoms with E-state index in [4.69, 9.17) is 0 Å². The lowest BCUT2D eigenvalue weighted by molar-refractivity contribution is -0.140. The van der Waals surface area contributed by atoms with Crippen LogP contribution in [0, 0.1) is 0 Å². The van der Waals surface area contributed by atoms with E-state index in [9.17, 15) is 30.0 Å². The monoisotopic (exact) mass is 486 g/mol. The summed E-state index contributed by atoms with van der Waals surface area (Å²) in [5.74, 6) is -0.464. The molecule has 0 aromatic heterocycles. The van der Waals surface area contributed by atoms with Crippen LogP contribution >= 0.6 is 10.9 Å². The molecule has 0 atom stereocenters. The Morgan fingerprint density at radius 1 is 0.871 bits per heavy atom. The number of halogens is 3. The second-order valence-corrected chi connectivity index (χ2v) is 13.1. The van der Waals surface area contributed by atoms with Crippen molar-refractivity contribution in [3.05, 3.63) is 72.3 Å². The molecular formula is C21H17F3O4S3. The number of alkyl halides is 3. The highest BCUT2D eigenvalue weighted by Crippen LogP contribution is 2.60. The Morgan fingerprint density at radius 3 is 1.87 bits per heavy atom. The standard InChI is InChI=1S/C21H17F3O4S3/c1-2-30(25,26)18-12-11-14(13-15(18)21(22,23)24)29-16-7-3-5-9-19(16)31(27,28)20-10-6-4-8-17(20)29/h3-13,29H,2H2,1H3. The Morgan fingerprint density at radius 2 is 1.39 bits per heavy atom. The van der Waals surface area contributed by atoms with Gasteiger partial charge >= 0.3 is 6.18 Å². The van der Waals surface area contributed by atoms with Crippen molar-refractivity contribution in [3.8, 4) is 0 Å². The van der Waals surface area contributed by atoms with Crippen LogP contribution in [0.25, 0.3) is 0 Å². The second-order valence-electron chi connectivity index (χ2n) is 6.86. The quantitative estimate of drug-likeness (QED) is 0.408. The Balaban J connectivity index is 2.04. The maximum atomic E-state index is 13.8. The zero-order chi connectivity index (χ0) is 22.6. The molecule has 4 rings (SSSR count). The summed E-state index contributed by atoms with van der Waals surface area (Å²) in [6.45, 7) is 1.28. The first-order chi connectivity index (χ1) is 14.5. The summed E-state index contributed by atoms with van der Waals surface area (Å²) in [7, 11) is -9.57. The summed E-state index contributed by atoms with van der Waals surface area (Å²) >= 11 is 0. The molecule has 0 spiro atoms. The summed E-state index contributed by atoms with van der Waals surface area (Å²) in [5, 5.41) is 0. The number of thiol groups is 1. The summed E-state index contributed by atoms with van der Waals surface area (Å²) in [4.78, 5) is 0.391. The highest BCUT2D eigenvalue weighted by Gasteiger charge is 2.39. The van der Waals surface area contributed by atoms with Gasteiger partial charge in [0.2, 0.25) is 9.84 Å². The molecular weight excluding hydrogens is 469 g/mol. The van der Waals surface area contributed by atoms with Crippen molar-refractivity contribution in [2.24, 2.45) is 0 Å². The fourth-order valence-electron chi connectivity index (χ4n) is 3.57. The van der Waals surface area contributed by atoms with E-state index in [1.165, 1.54) is 25.1 Å². The first kappa shape index (κ1) is 21.9. The van der Waals surface area contributed by atoms with E-state index in [0.717, 1.165) is 12.1 Å². The molecule has 0 bridgehead atoms. The van der Waals surface area contributed by atoms with Crippen molar-refractivity contribution in [3.63, 3.8) is 0 Å². The predicted molar refractivity (Wildman–Crippen MR) is 111 cm³/mol. The van der Waals surface area contributed by atoms with Crippen LogP contribution in [0.15, 0.2) is 96.1 Å². The van der Waals surface area contributed by atoms with Crippen molar-refractivity contribution in [2.45, 2.75) is 42.5 Å². The lowest BCUT2D eigenvalue weighted by Crippen LogP contribution is -2.16. The van der Waals surface area contributed by atoms with Gasteiger partial charge in [-0.2, -0.15) is 24.1 Å². The van der Waals surface area contributed by atoms with E-state index in [-0.39, 0.29) is 14.7 Å². The topological polar surface area (TPSA) is 68.3 Å². The smallest absolute Gasteiger partial charge is 0.224 e. The average molecular weight is 487 g/mol. The fourth-order valence-corrected chi connectivity index (χ4v) is 9.73. The minimum atomic E-state index is -4.89. The number of hydrogen-bond donors (Lipinski definition) is 1. The fraction of sp³-hybridized carbons (Fsp3) is 0.143. The van der Waals surface area contributed by atoms with Crippen molar-refractivity contribution in [1.82, 2.24) is 0 Å². The highest BCUT2D eigenvalue weighted by atomic mass is 32.2. The van der Waals surface area contributed by atoms with Crippen molar-refractivity contribution >= 4 is 30.6 Å². The molecule has 4 nitrogen and oxygen atoms in total. The van der Waals surface area contributed by atoms with Gasteiger partial charge in [0.25, 0.3) is 0 Å². The summed E-state index contributed by atoms with van der Waals surface area (Å²) < 4.78 is 92.1. The van der Waals surface area contributed by atoms with Gasteiger partial charge < -0.3 is 0 Å². The number of rotatable bonds is 3. The number of benzene rings is 3. The Labute approximate surface area is 180 Å². The summed E-state index contributed by atoms with van der Waals surface area (Å²) in [5.41, 5.74) is -1.24. The SMILES string of the molecule is CCS(=O)(=O)c1ccc([SH]2c3ccccc3S(=O)(=O)c3ccccc32)cc1C(F)(F)F. The molecule has 0 unspecified atom stereocenters. The van der Waals surface area contributed by atoms with Crippen molar-refractivity contribution < 1.29 is 30.0 Å². The molecule has 1 aliphatic heterocycles. The molecule has 0 saturated carbocycles. The van der Waals surface area contributed by atoms with Crippen LogP contribution in [0.4, 0.5) is 13.2 Å². The van der Waals surface area contributed by atoms with Gasteiger partial charge in [-0.1, -0.05) is 31.2 Å². The van der Waals surface area contributed by atoms with Gasteiger partial charge in [0, 0.05) is 9.79 Å². The van der Waals surface area contributed by atoms with Gasteiger partial charge in [-0.3, -0.25) is 0 Å². The summed E-state index contributed by atoms with van der Waals surface area (Å²) in [6.07, 6.45) is -4.89. The van der Waals surface area contributed by atoms with E-state index in [1.54, 1.807) is 36.4 Å². The Bertz CT molecular complexity index is 1340. The minimum Gasteiger partial charge on any atom is -0.224 e. The average Bonchev–Trinajstić information content (AvgIpc) is 2.73. The van der Waals surface area contributed by atoms with Gasteiger partial charge in [0.1, 0.15) is 0 Å². The van der Waals surface area contributed by atoms with Crippen molar-refractivity contribution in [2.75, 3.05) is 5.75 Å². The predicted octanol–water partition coefficient (Wildman–Crippen LogP) is 5.12. The number of hydrogen-bond acceptors (Lipinski definition) is 4. The third-order valence-electron chi connectivity index (χ3n) is 5.03. The van der Waals surface area contributed by atoms with Crippen LogP contribution in [-0.2, 0) is 25.9 Å². The van der Waals surface area contributed by atoms with Gasteiger partial charge in [-0.05, 0) is 47.4 Å². The van der Waals surface area contributed by atoms with Gasteiger partial charge in [0.05, 0.1) is 26.0 Å². The van der Waals surface area contributed by atoms with E-state index in [0.29, 0.717) is 9.79 Å². The first-order valence-corrected chi connectivity index (χ1v) is 13.6.